The van der Waals surface area contributed by atoms with Gasteiger partial charge in [0.1, 0.15) is 17.3 Å². The van der Waals surface area contributed by atoms with Gasteiger partial charge in [0.25, 0.3) is 5.91 Å². The van der Waals surface area contributed by atoms with Crippen LogP contribution in [0.25, 0.3) is 10.9 Å². The normalized spacial score (nSPS) is 27.9. The number of rotatable bonds is 6. The Kier molecular flexibility index (Phi) is 6.47. The van der Waals surface area contributed by atoms with Crippen molar-refractivity contribution >= 4 is 22.8 Å². The van der Waals surface area contributed by atoms with Gasteiger partial charge in [-0.2, -0.15) is 8.78 Å². The molecule has 4 aliphatic rings. The van der Waals surface area contributed by atoms with Crippen molar-refractivity contribution in [1.29, 1.82) is 0 Å². The number of carbonyl (C=O) groups is 2. The Bertz CT molecular complexity index is 1370. The predicted octanol–water partition coefficient (Wildman–Crippen LogP) is 2.88. The topological polar surface area (TPSA) is 92.4 Å². The summed E-state index contributed by atoms with van der Waals surface area (Å²) in [6, 6.07) is 3.68. The van der Waals surface area contributed by atoms with Crippen molar-refractivity contribution in [1.82, 2.24) is 24.6 Å². The lowest BCUT2D eigenvalue weighted by molar-refractivity contribution is -0.133. The molecule has 1 aromatic heterocycles. The molecular formula is C28H33F2N5O4. The first-order valence-corrected chi connectivity index (χ1v) is 13.4. The highest BCUT2D eigenvalue weighted by atomic mass is 19.3. The van der Waals surface area contributed by atoms with Crippen LogP contribution in [0.15, 0.2) is 42.0 Å². The largest absolute Gasteiger partial charge is 0.435 e. The van der Waals surface area contributed by atoms with Crippen LogP contribution in [0.1, 0.15) is 30.6 Å². The number of alkyl halides is 2. The van der Waals surface area contributed by atoms with Gasteiger partial charge in [0.2, 0.25) is 0 Å². The Balaban J connectivity index is 1.40. The zero-order valence-electron chi connectivity index (χ0n) is 22.1. The molecule has 2 saturated heterocycles. The second-order valence-electron chi connectivity index (χ2n) is 11.1. The van der Waals surface area contributed by atoms with E-state index in [0.29, 0.717) is 41.7 Å². The van der Waals surface area contributed by atoms with Crippen LogP contribution in [0.5, 0.6) is 5.75 Å². The van der Waals surface area contributed by atoms with E-state index in [4.69, 9.17) is 0 Å². The van der Waals surface area contributed by atoms with Crippen LogP contribution in [0.2, 0.25) is 0 Å². The molecule has 1 aliphatic carbocycles. The molecule has 0 bridgehead atoms. The van der Waals surface area contributed by atoms with E-state index in [2.05, 4.69) is 26.6 Å². The number of fused-ring (bicyclic) bond motifs is 4. The number of hydrogen-bond donors (Lipinski definition) is 2. The number of halogens is 2. The van der Waals surface area contributed by atoms with Crippen LogP contribution in [-0.4, -0.2) is 106 Å². The maximum Gasteiger partial charge on any atom is 0.387 e. The molecule has 0 radical (unpaired) electrons. The first kappa shape index (κ1) is 26.0. The summed E-state index contributed by atoms with van der Waals surface area (Å²) in [5.41, 5.74) is 1.72. The molecule has 11 heteroatoms. The highest BCUT2D eigenvalue weighted by Crippen LogP contribution is 2.49. The molecule has 2 N–H and O–H groups in total. The van der Waals surface area contributed by atoms with Gasteiger partial charge in [0.05, 0.1) is 6.10 Å². The molecule has 39 heavy (non-hydrogen) atoms. The Morgan fingerprint density at radius 2 is 1.95 bits per heavy atom. The summed E-state index contributed by atoms with van der Waals surface area (Å²) in [5, 5.41) is 11.1. The number of carbonyl (C=O) groups excluding carboxylic acids is 2. The number of amides is 3. The molecule has 208 valence electrons. The molecule has 2 fully saturated rings. The monoisotopic (exact) mass is 541 g/mol. The van der Waals surface area contributed by atoms with Crippen molar-refractivity contribution < 1.29 is 28.2 Å². The van der Waals surface area contributed by atoms with Crippen molar-refractivity contribution in [3.8, 4) is 5.75 Å². The van der Waals surface area contributed by atoms with Crippen molar-refractivity contribution in [3.05, 3.63) is 53.3 Å². The quantitative estimate of drug-likeness (QED) is 0.547. The fourth-order valence-electron chi connectivity index (χ4n) is 6.40. The fraction of sp³-hybridized carbons (Fsp3) is 0.500. The minimum absolute atomic E-state index is 0.0262. The van der Waals surface area contributed by atoms with Gasteiger partial charge < -0.3 is 19.7 Å². The number of H-pyrrole nitrogens is 1. The molecule has 0 spiro atoms. The summed E-state index contributed by atoms with van der Waals surface area (Å²) < 4.78 is 30.6. The molecular weight excluding hydrogens is 508 g/mol. The number of hydrogen-bond acceptors (Lipinski definition) is 6. The fourth-order valence-corrected chi connectivity index (χ4v) is 6.40. The van der Waals surface area contributed by atoms with E-state index in [9.17, 15) is 23.5 Å². The molecule has 4 heterocycles. The molecule has 1 aromatic carbocycles. The number of benzene rings is 1. The minimum atomic E-state index is -2.96. The Morgan fingerprint density at radius 1 is 1.18 bits per heavy atom. The Morgan fingerprint density at radius 3 is 2.67 bits per heavy atom. The van der Waals surface area contributed by atoms with Gasteiger partial charge in [-0.1, -0.05) is 18.2 Å². The van der Waals surface area contributed by atoms with Crippen molar-refractivity contribution in [3.63, 3.8) is 0 Å². The molecule has 3 aliphatic heterocycles. The molecule has 1 unspecified atom stereocenters. The number of urea groups is 1. The number of aromatic nitrogens is 1. The average molecular weight is 542 g/mol. The lowest BCUT2D eigenvalue weighted by atomic mass is 9.80. The number of likely N-dealkylation sites (N-methyl/N-ethyl adjacent to an activating group) is 1. The Hall–Kier alpha value is -3.28. The van der Waals surface area contributed by atoms with E-state index in [1.54, 1.807) is 30.0 Å². The number of nitrogens with one attached hydrogen (secondary N) is 1. The zero-order chi connectivity index (χ0) is 27.5. The third-order valence-electron chi connectivity index (χ3n) is 8.49. The van der Waals surface area contributed by atoms with Gasteiger partial charge in [-0.05, 0) is 49.7 Å². The summed E-state index contributed by atoms with van der Waals surface area (Å²) in [6.07, 6.45) is 5.45. The number of nitrogens with zero attached hydrogens (tertiary/aromatic N) is 4. The Labute approximate surface area is 225 Å². The highest BCUT2D eigenvalue weighted by molar-refractivity contribution is 6.08. The van der Waals surface area contributed by atoms with Crippen LogP contribution >= 0.6 is 0 Å². The van der Waals surface area contributed by atoms with E-state index in [-0.39, 0.29) is 24.1 Å². The number of imide groups is 1. The number of aromatic amines is 1. The van der Waals surface area contributed by atoms with Crippen molar-refractivity contribution in [2.45, 2.75) is 44.1 Å². The van der Waals surface area contributed by atoms with E-state index < -0.39 is 24.3 Å². The SMILES string of the molecule is CN1CCN(CCN2C(=O)N3[C@H](C4=CC(O)CC=C4)c4[nH]c5ccc(OC(F)F)cc5c4C[C@@]3(C)C2=O)CC1. The average Bonchev–Trinajstić information content (AvgIpc) is 3.33. The number of aliphatic hydroxyl groups excluding tert-OH is 1. The highest BCUT2D eigenvalue weighted by Gasteiger charge is 2.60. The zero-order valence-corrected chi connectivity index (χ0v) is 22.1. The standard InChI is InChI=1S/C28H33F2N5O4/c1-28-16-21-20-15-19(39-26(29)30)6-7-22(20)31-23(21)24(17-4-3-5-18(36)14-17)35(28)27(38)34(25(28)37)13-12-33-10-8-32(2)9-11-33/h3-4,6-7,14-15,18,24,26,31,36H,5,8-13,16H2,1-2H3/t18?,24-,28+/m1/s1. The molecule has 3 atom stereocenters. The summed E-state index contributed by atoms with van der Waals surface area (Å²) in [7, 11) is 2.08. The van der Waals surface area contributed by atoms with E-state index >= 15 is 0 Å². The summed E-state index contributed by atoms with van der Waals surface area (Å²) >= 11 is 0. The first-order chi connectivity index (χ1) is 18.7. The second-order valence-corrected chi connectivity index (χ2v) is 11.1. The number of ether oxygens (including phenoxy) is 1. The molecule has 0 saturated carbocycles. The van der Waals surface area contributed by atoms with Crippen molar-refractivity contribution in [2.75, 3.05) is 46.3 Å². The van der Waals surface area contributed by atoms with Gasteiger partial charge in [-0.15, -0.1) is 0 Å². The maximum absolute atomic E-state index is 14.0. The maximum atomic E-state index is 14.0. The smallest absolute Gasteiger partial charge is 0.387 e. The van der Waals surface area contributed by atoms with Gasteiger partial charge in [0.15, 0.2) is 0 Å². The minimum Gasteiger partial charge on any atom is -0.435 e. The van der Waals surface area contributed by atoms with Crippen molar-refractivity contribution in [2.24, 2.45) is 0 Å². The van der Waals surface area contributed by atoms with Gasteiger partial charge in [0, 0.05) is 62.3 Å². The third-order valence-corrected chi connectivity index (χ3v) is 8.49. The molecule has 9 nitrogen and oxygen atoms in total. The molecule has 2 aromatic rings. The third kappa shape index (κ3) is 4.42. The van der Waals surface area contributed by atoms with E-state index in [1.165, 1.54) is 11.0 Å². The second kappa shape index (κ2) is 9.72. The van der Waals surface area contributed by atoms with Gasteiger partial charge in [-0.25, -0.2) is 4.79 Å². The summed E-state index contributed by atoms with van der Waals surface area (Å²) in [5.74, 6) is -0.245. The lowest BCUT2D eigenvalue weighted by Gasteiger charge is -2.43. The van der Waals surface area contributed by atoms with E-state index in [1.807, 2.05) is 12.2 Å². The van der Waals surface area contributed by atoms with E-state index in [0.717, 1.165) is 31.7 Å². The van der Waals surface area contributed by atoms with Gasteiger partial charge in [-0.3, -0.25) is 19.5 Å². The summed E-state index contributed by atoms with van der Waals surface area (Å²) in [4.78, 5) is 38.9. The molecule has 3 amide bonds. The van der Waals surface area contributed by atoms with Crippen LogP contribution in [0.4, 0.5) is 13.6 Å². The van der Waals surface area contributed by atoms with Crippen LogP contribution in [-0.2, 0) is 11.2 Å². The number of aliphatic hydroxyl groups is 1. The molecule has 6 rings (SSSR count). The summed E-state index contributed by atoms with van der Waals surface area (Å²) in [6.45, 7) is 3.35. The van der Waals surface area contributed by atoms with Crippen LogP contribution in [0.3, 0.4) is 0 Å². The number of piperazine rings is 1. The first-order valence-electron chi connectivity index (χ1n) is 13.4. The van der Waals surface area contributed by atoms with Gasteiger partial charge >= 0.3 is 12.6 Å². The lowest BCUT2D eigenvalue weighted by Crippen LogP contribution is -2.53. The predicted molar refractivity (Wildman–Crippen MR) is 141 cm³/mol. The van der Waals surface area contributed by atoms with Crippen LogP contribution < -0.4 is 4.74 Å². The van der Waals surface area contributed by atoms with Crippen LogP contribution in [0, 0.1) is 0 Å².